The zero-order chi connectivity index (χ0) is 60.2. The Morgan fingerprint density at radius 3 is 1.88 bits per heavy atom. The highest BCUT2D eigenvalue weighted by atomic mass is 16.5. The molecule has 23 heteroatoms. The average molecular weight is 1150 g/mol. The van der Waals surface area contributed by atoms with Gasteiger partial charge < -0.3 is 77.5 Å². The van der Waals surface area contributed by atoms with Crippen molar-refractivity contribution in [3.63, 3.8) is 0 Å². The molecule has 3 fully saturated rings. The van der Waals surface area contributed by atoms with Crippen molar-refractivity contribution < 1.29 is 73.7 Å². The number of nitrogens with one attached hydrogen (secondary N) is 5. The van der Waals surface area contributed by atoms with Crippen molar-refractivity contribution in [1.82, 2.24) is 36.4 Å². The van der Waals surface area contributed by atoms with Crippen LogP contribution in [0.3, 0.4) is 0 Å². The number of hydrogen-bond acceptors (Lipinski definition) is 16. The molecule has 4 aromatic carbocycles. The number of nitrogens with two attached hydrogens (primary N) is 1. The van der Waals surface area contributed by atoms with Crippen LogP contribution in [0.2, 0.25) is 0 Å². The van der Waals surface area contributed by atoms with Crippen LogP contribution in [0, 0.1) is 11.8 Å². The van der Waals surface area contributed by atoms with Crippen molar-refractivity contribution in [2.45, 2.75) is 133 Å². The van der Waals surface area contributed by atoms with E-state index in [2.05, 4.69) is 33.5 Å². The third kappa shape index (κ3) is 15.7. The minimum Gasteiger partial charge on any atom is -0.508 e. The number of hydrogen-bond donors (Lipinski definition) is 12. The Morgan fingerprint density at radius 1 is 0.711 bits per heavy atom. The Balaban J connectivity index is 1.17. The predicted molar refractivity (Wildman–Crippen MR) is 303 cm³/mol. The Kier molecular flexibility index (Phi) is 21.5. The van der Waals surface area contributed by atoms with Crippen LogP contribution < -0.4 is 37.1 Å². The minimum absolute atomic E-state index is 0.0704. The third-order valence-corrected chi connectivity index (χ3v) is 15.5. The zero-order valence-corrected chi connectivity index (χ0v) is 46.9. The molecule has 3 aliphatic heterocycles. The highest BCUT2D eigenvalue weighted by molar-refractivity contribution is 6.01. The standard InChI is InChI=1S/C60H76N8O15/c1-5-6-7-24-83-43-22-18-39(19-23-43)37-12-10-36(11-13-37)38-14-16-40(17-15-38)54(76)64-46-29-62-55(77)45(28-61)63-58(80)52-53(75)32(2)30-68(52)59(81)44(33(3)69)27-49(74)51(48(73)25-35-8-20-41(71)21-9-35)66-57(79)47-26-42(72)31-67(47)60(82)50(34(4)70)65-56(46)78/h8-23,32-34,42,44-48,50-53,69-73,75H,5-7,24-31,61H2,1-4H3,(H,62,77)(H,63,80)(H,64,76)(H,65,78)(H,66,79)/t32-,33?,34?,42+,44-,45+,46-,47-,48+,50-,51-,52-,53-/m0/s1. The maximum Gasteiger partial charge on any atom is 0.251 e. The fourth-order valence-electron chi connectivity index (χ4n) is 10.6. The summed E-state index contributed by atoms with van der Waals surface area (Å²) in [5.41, 5.74) is 10.0. The fourth-order valence-corrected chi connectivity index (χ4v) is 10.6. The van der Waals surface area contributed by atoms with Crippen molar-refractivity contribution in [2.75, 3.05) is 32.8 Å². The van der Waals surface area contributed by atoms with Gasteiger partial charge in [-0.2, -0.15) is 0 Å². The molecule has 0 bridgehead atoms. The maximum absolute atomic E-state index is 14.5. The number of Topliss-reactive ketones (excluding diaryl/α,β-unsaturated/α-hetero) is 1. The van der Waals surface area contributed by atoms with E-state index in [9.17, 15) is 69.0 Å². The predicted octanol–water partition coefficient (Wildman–Crippen LogP) is 0.0467. The van der Waals surface area contributed by atoms with Gasteiger partial charge in [0.2, 0.25) is 35.4 Å². The van der Waals surface area contributed by atoms with E-state index in [-0.39, 0.29) is 24.3 Å². The van der Waals surface area contributed by atoms with Crippen LogP contribution in [-0.4, -0.2) is 187 Å². The quantitative estimate of drug-likeness (QED) is 0.0700. The van der Waals surface area contributed by atoms with Gasteiger partial charge in [0.1, 0.15) is 47.8 Å². The van der Waals surface area contributed by atoms with E-state index in [1.54, 1.807) is 19.1 Å². The summed E-state index contributed by atoms with van der Waals surface area (Å²) in [6, 6.07) is 17.2. The molecule has 3 saturated heterocycles. The zero-order valence-electron chi connectivity index (χ0n) is 46.9. The molecular formula is C60H76N8O15. The van der Waals surface area contributed by atoms with E-state index in [0.29, 0.717) is 12.2 Å². The molecule has 7 amide bonds. The highest BCUT2D eigenvalue weighted by Gasteiger charge is 2.50. The molecule has 0 aromatic heterocycles. The summed E-state index contributed by atoms with van der Waals surface area (Å²) in [5, 5.41) is 78.5. The summed E-state index contributed by atoms with van der Waals surface area (Å²) in [6.45, 7) is 4.68. The van der Waals surface area contributed by atoms with Crippen LogP contribution in [-0.2, 0) is 40.0 Å². The highest BCUT2D eigenvalue weighted by Crippen LogP contribution is 2.30. The Bertz CT molecular complexity index is 2930. The van der Waals surface area contributed by atoms with Crippen molar-refractivity contribution in [3.8, 4) is 33.8 Å². The number of nitrogens with zero attached hydrogens (tertiary/aromatic N) is 2. The second kappa shape index (κ2) is 28.5. The molecule has 446 valence electrons. The molecular weight excluding hydrogens is 1070 g/mol. The number of aliphatic hydroxyl groups is 5. The molecule has 3 heterocycles. The van der Waals surface area contributed by atoms with Crippen LogP contribution in [0.15, 0.2) is 97.1 Å². The van der Waals surface area contributed by atoms with Crippen LogP contribution in [0.1, 0.15) is 75.7 Å². The first-order valence-corrected chi connectivity index (χ1v) is 28.0. The first-order chi connectivity index (χ1) is 39.6. The number of rotatable bonds is 15. The number of phenols is 1. The average Bonchev–Trinajstić information content (AvgIpc) is 4.04. The molecule has 23 nitrogen and oxygen atoms in total. The van der Waals surface area contributed by atoms with Crippen LogP contribution in [0.5, 0.6) is 11.5 Å². The Hall–Kier alpha value is -7.80. The lowest BCUT2D eigenvalue weighted by molar-refractivity contribution is -0.149. The minimum atomic E-state index is -1.87. The van der Waals surface area contributed by atoms with Crippen LogP contribution in [0.4, 0.5) is 0 Å². The number of carbonyl (C=O) groups is 8. The lowest BCUT2D eigenvalue weighted by atomic mass is 9.89. The first kappa shape index (κ1) is 62.8. The SMILES string of the molecule is CCCCCOc1ccc(-c2ccc(-c3ccc(C(=O)N[C@H]4CNC(=O)[C@@H](CN)NC(=O)[C@@H]5[C@@H](O)[C@@H](C)CN5C(=O)[C@H](C(C)O)CC(=O)[C@H]([C@H](O)Cc5ccc(O)cc5)NC(=O)[C@@H]5C[C@@H](O)CN5C(=O)[C@H](C(C)O)NC4=O)cc3)cc2)cc1. The van der Waals surface area contributed by atoms with Gasteiger partial charge in [-0.3, -0.25) is 38.4 Å². The van der Waals surface area contributed by atoms with E-state index in [4.69, 9.17) is 10.5 Å². The van der Waals surface area contributed by atoms with Crippen molar-refractivity contribution >= 4 is 47.1 Å². The summed E-state index contributed by atoms with van der Waals surface area (Å²) < 4.78 is 5.85. The molecule has 4 aromatic rings. The fraction of sp³-hybridized carbons (Fsp3) is 0.467. The summed E-state index contributed by atoms with van der Waals surface area (Å²) in [7, 11) is 0. The van der Waals surface area contributed by atoms with Gasteiger partial charge in [0.05, 0.1) is 43.0 Å². The van der Waals surface area contributed by atoms with Gasteiger partial charge in [-0.15, -0.1) is 0 Å². The van der Waals surface area contributed by atoms with Crippen LogP contribution in [0.25, 0.3) is 22.3 Å². The van der Waals surface area contributed by atoms with Gasteiger partial charge in [-0.1, -0.05) is 87.4 Å². The largest absolute Gasteiger partial charge is 0.508 e. The first-order valence-electron chi connectivity index (χ1n) is 28.0. The number of aromatic hydroxyl groups is 1. The molecule has 3 aliphatic rings. The van der Waals surface area contributed by atoms with Crippen molar-refractivity contribution in [3.05, 3.63) is 108 Å². The number of benzene rings is 4. The van der Waals surface area contributed by atoms with Gasteiger partial charge in [0.15, 0.2) is 5.78 Å². The number of phenolic OH excluding ortho intramolecular Hbond substituents is 1. The van der Waals surface area contributed by atoms with Crippen LogP contribution >= 0.6 is 0 Å². The van der Waals surface area contributed by atoms with Gasteiger partial charge >= 0.3 is 0 Å². The number of ketones is 1. The van der Waals surface area contributed by atoms with E-state index in [1.807, 2.05) is 48.5 Å². The van der Waals surface area contributed by atoms with Crippen molar-refractivity contribution in [1.29, 1.82) is 0 Å². The second-order valence-electron chi connectivity index (χ2n) is 21.8. The summed E-state index contributed by atoms with van der Waals surface area (Å²) in [6.07, 6.45) is -6.31. The second-order valence-corrected chi connectivity index (χ2v) is 21.8. The van der Waals surface area contributed by atoms with Gasteiger partial charge in [0.25, 0.3) is 5.91 Å². The number of amides is 7. The third-order valence-electron chi connectivity index (χ3n) is 15.5. The molecule has 0 radical (unpaired) electrons. The lowest BCUT2D eigenvalue weighted by Crippen LogP contribution is -2.63. The topological polar surface area (TPSA) is 360 Å². The van der Waals surface area contributed by atoms with Gasteiger partial charge in [-0.05, 0) is 84.5 Å². The number of aliphatic hydroxyl groups excluding tert-OH is 5. The molecule has 0 spiro atoms. The van der Waals surface area contributed by atoms with Crippen molar-refractivity contribution in [2.24, 2.45) is 17.6 Å². The normalized spacial score (nSPS) is 26.2. The molecule has 13 N–H and O–H groups in total. The molecule has 13 atom stereocenters. The van der Waals surface area contributed by atoms with E-state index >= 15 is 0 Å². The Labute approximate surface area is 481 Å². The maximum atomic E-state index is 14.5. The number of carbonyl (C=O) groups excluding carboxylic acids is 8. The smallest absolute Gasteiger partial charge is 0.251 e. The van der Waals surface area contributed by atoms with Gasteiger partial charge in [0, 0.05) is 56.9 Å². The number of ether oxygens (including phenoxy) is 1. The lowest BCUT2D eigenvalue weighted by Gasteiger charge is -2.33. The monoisotopic (exact) mass is 1150 g/mol. The molecule has 0 aliphatic carbocycles. The molecule has 2 unspecified atom stereocenters. The number of unbranched alkanes of at least 4 members (excludes halogenated alkanes) is 2. The van der Waals surface area contributed by atoms with E-state index in [1.165, 1.54) is 43.3 Å². The Morgan fingerprint density at radius 2 is 1.30 bits per heavy atom. The molecule has 0 saturated carbocycles. The summed E-state index contributed by atoms with van der Waals surface area (Å²) in [4.78, 5) is 116. The summed E-state index contributed by atoms with van der Waals surface area (Å²) >= 11 is 0. The van der Waals surface area contributed by atoms with E-state index < -0.39 is 158 Å². The van der Waals surface area contributed by atoms with E-state index in [0.717, 1.165) is 64.0 Å². The van der Waals surface area contributed by atoms with Gasteiger partial charge in [-0.25, -0.2) is 0 Å². The molecule has 7 rings (SSSR count). The number of fused-ring (bicyclic) bond motifs is 2. The molecule has 83 heavy (non-hydrogen) atoms. The summed E-state index contributed by atoms with van der Waals surface area (Å²) in [5.74, 6) is -9.78.